The van der Waals surface area contributed by atoms with Crippen LogP contribution in [0, 0.1) is 0 Å². The Hall–Kier alpha value is -5.70. The van der Waals surface area contributed by atoms with Crippen molar-refractivity contribution in [1.82, 2.24) is 4.57 Å². The number of fused-ring (bicyclic) bond motifs is 14. The fourth-order valence-corrected chi connectivity index (χ4v) is 10.2. The molecule has 0 fully saturated rings. The van der Waals surface area contributed by atoms with Gasteiger partial charge in [-0.05, 0) is 79.9 Å². The highest BCUT2D eigenvalue weighted by Gasteiger charge is 2.35. The van der Waals surface area contributed by atoms with Crippen molar-refractivity contribution in [2.24, 2.45) is 0 Å². The normalized spacial score (nSPS) is 13.7. The maximum Gasteiger partial charge on any atom is 0.0726 e. The summed E-state index contributed by atoms with van der Waals surface area (Å²) in [5.74, 6) is 0. The minimum Gasteiger partial charge on any atom is -0.307 e. The van der Waals surface area contributed by atoms with Crippen molar-refractivity contribution in [3.8, 4) is 27.9 Å². The molecule has 0 bridgehead atoms. The average molecular weight is 642 g/mol. The first-order valence-corrected chi connectivity index (χ1v) is 17.9. The van der Waals surface area contributed by atoms with Crippen molar-refractivity contribution in [1.29, 1.82) is 0 Å². The molecular formula is C47H31NS. The topological polar surface area (TPSA) is 4.93 Å². The van der Waals surface area contributed by atoms with Gasteiger partial charge in [0.25, 0.3) is 0 Å². The summed E-state index contributed by atoms with van der Waals surface area (Å²) in [5.41, 5.74) is 11.8. The molecule has 0 saturated carbocycles. The minimum atomic E-state index is -0.0422. The number of thiophene rings is 1. The van der Waals surface area contributed by atoms with E-state index in [0.29, 0.717) is 0 Å². The predicted molar refractivity (Wildman–Crippen MR) is 212 cm³/mol. The molecular weight excluding hydrogens is 611 g/mol. The highest BCUT2D eigenvalue weighted by Crippen LogP contribution is 2.51. The van der Waals surface area contributed by atoms with E-state index < -0.39 is 0 Å². The Morgan fingerprint density at radius 1 is 0.490 bits per heavy atom. The van der Waals surface area contributed by atoms with Crippen LogP contribution in [-0.2, 0) is 5.41 Å². The molecule has 0 aliphatic heterocycles. The molecule has 0 saturated heterocycles. The van der Waals surface area contributed by atoms with Gasteiger partial charge in [0, 0.05) is 37.0 Å². The van der Waals surface area contributed by atoms with Crippen LogP contribution in [0.2, 0.25) is 0 Å². The second kappa shape index (κ2) is 9.69. The molecule has 0 spiro atoms. The maximum absolute atomic E-state index is 2.56. The summed E-state index contributed by atoms with van der Waals surface area (Å²) in [7, 11) is 0. The van der Waals surface area contributed by atoms with Crippen LogP contribution in [0.1, 0.15) is 25.0 Å². The molecule has 0 atom stereocenters. The Balaban J connectivity index is 1.28. The van der Waals surface area contributed by atoms with Gasteiger partial charge in [-0.15, -0.1) is 11.3 Å². The first-order chi connectivity index (χ1) is 24.1. The van der Waals surface area contributed by atoms with E-state index in [4.69, 9.17) is 0 Å². The molecule has 1 aliphatic carbocycles. The first kappa shape index (κ1) is 27.3. The molecule has 0 radical (unpaired) electrons. The maximum atomic E-state index is 2.56. The molecule has 2 heteroatoms. The first-order valence-electron chi connectivity index (χ1n) is 17.1. The number of hydrogen-bond donors (Lipinski definition) is 0. The van der Waals surface area contributed by atoms with E-state index in [1.807, 2.05) is 11.3 Å². The Morgan fingerprint density at radius 2 is 1.14 bits per heavy atom. The van der Waals surface area contributed by atoms with Gasteiger partial charge in [0.05, 0.1) is 21.4 Å². The van der Waals surface area contributed by atoms with E-state index in [1.54, 1.807) is 0 Å². The Labute approximate surface area is 288 Å². The van der Waals surface area contributed by atoms with Crippen molar-refractivity contribution in [2.45, 2.75) is 19.3 Å². The molecule has 1 aliphatic rings. The highest BCUT2D eigenvalue weighted by atomic mass is 32.1. The summed E-state index contributed by atoms with van der Waals surface area (Å²) in [6.45, 7) is 4.73. The minimum absolute atomic E-state index is 0.0422. The van der Waals surface area contributed by atoms with Gasteiger partial charge in [0.2, 0.25) is 0 Å². The van der Waals surface area contributed by atoms with E-state index in [2.05, 4.69) is 170 Å². The summed E-state index contributed by atoms with van der Waals surface area (Å²) >= 11 is 1.92. The lowest BCUT2D eigenvalue weighted by molar-refractivity contribution is 0.660. The third-order valence-corrected chi connectivity index (χ3v) is 12.3. The average Bonchev–Trinajstić information content (AvgIpc) is 3.77. The second-order valence-corrected chi connectivity index (χ2v) is 15.1. The Bertz CT molecular complexity index is 3020. The predicted octanol–water partition coefficient (Wildman–Crippen LogP) is 13.4. The summed E-state index contributed by atoms with van der Waals surface area (Å²) < 4.78 is 5.23. The molecule has 2 aromatic heterocycles. The zero-order valence-corrected chi connectivity index (χ0v) is 28.1. The fourth-order valence-electron chi connectivity index (χ4n) is 8.89. The second-order valence-electron chi connectivity index (χ2n) is 14.1. The van der Waals surface area contributed by atoms with Gasteiger partial charge >= 0.3 is 0 Å². The van der Waals surface area contributed by atoms with Crippen LogP contribution in [-0.4, -0.2) is 4.57 Å². The summed E-state index contributed by atoms with van der Waals surface area (Å²) in [5, 5.41) is 10.4. The highest BCUT2D eigenvalue weighted by molar-refractivity contribution is 7.27. The molecule has 49 heavy (non-hydrogen) atoms. The summed E-state index contributed by atoms with van der Waals surface area (Å²) in [6.07, 6.45) is 0. The van der Waals surface area contributed by atoms with Crippen LogP contribution < -0.4 is 0 Å². The zero-order chi connectivity index (χ0) is 32.4. The number of nitrogens with zero attached hydrogens (tertiary/aromatic N) is 1. The molecule has 0 unspecified atom stereocenters. The quantitative estimate of drug-likeness (QED) is 0.177. The van der Waals surface area contributed by atoms with E-state index in [0.717, 1.165) is 0 Å². The summed E-state index contributed by atoms with van der Waals surface area (Å²) in [6, 6.07) is 56.7. The van der Waals surface area contributed by atoms with Crippen molar-refractivity contribution >= 4 is 74.9 Å². The molecule has 10 aromatic rings. The van der Waals surface area contributed by atoms with Gasteiger partial charge in [0.1, 0.15) is 0 Å². The fraction of sp³-hybridized carbons (Fsp3) is 0.0638. The van der Waals surface area contributed by atoms with E-state index in [9.17, 15) is 0 Å². The summed E-state index contributed by atoms with van der Waals surface area (Å²) in [4.78, 5) is 0. The van der Waals surface area contributed by atoms with Gasteiger partial charge in [-0.2, -0.15) is 0 Å². The van der Waals surface area contributed by atoms with Gasteiger partial charge < -0.3 is 4.57 Å². The monoisotopic (exact) mass is 641 g/mol. The molecule has 0 N–H and O–H groups in total. The number of rotatable bonds is 2. The third kappa shape index (κ3) is 3.59. The number of aromatic nitrogens is 1. The van der Waals surface area contributed by atoms with Crippen LogP contribution >= 0.6 is 11.3 Å². The molecule has 0 amide bonds. The molecule has 11 rings (SSSR count). The Kier molecular flexibility index (Phi) is 5.39. The van der Waals surface area contributed by atoms with Crippen molar-refractivity contribution in [2.75, 3.05) is 0 Å². The van der Waals surface area contributed by atoms with E-state index in [1.165, 1.54) is 103 Å². The standard InChI is InChI=1S/C47H31NS/c1-47(2)38-19-9-7-15-32(38)33-24-22-30(27-39(33)47)29-23-25-41-37(26-29)43-34-16-5-6-17-35(34)44-36-18-8-10-21-42(36)49-46(44)45(43)48(41)40-20-11-13-28-12-3-4-14-31(28)40/h3-27H,1-2H3. The van der Waals surface area contributed by atoms with Crippen molar-refractivity contribution in [3.63, 3.8) is 0 Å². The van der Waals surface area contributed by atoms with Gasteiger partial charge in [-0.1, -0.05) is 135 Å². The lowest BCUT2D eigenvalue weighted by atomic mass is 9.81. The van der Waals surface area contributed by atoms with Gasteiger partial charge in [-0.25, -0.2) is 0 Å². The van der Waals surface area contributed by atoms with Crippen LogP contribution in [0.5, 0.6) is 0 Å². The zero-order valence-electron chi connectivity index (χ0n) is 27.3. The molecule has 8 aromatic carbocycles. The molecule has 2 heterocycles. The van der Waals surface area contributed by atoms with Gasteiger partial charge in [-0.3, -0.25) is 0 Å². The van der Waals surface area contributed by atoms with Crippen LogP contribution in [0.15, 0.2) is 152 Å². The van der Waals surface area contributed by atoms with E-state index in [-0.39, 0.29) is 5.41 Å². The van der Waals surface area contributed by atoms with Gasteiger partial charge in [0.15, 0.2) is 0 Å². The van der Waals surface area contributed by atoms with Crippen molar-refractivity contribution in [3.05, 3.63) is 163 Å². The van der Waals surface area contributed by atoms with Crippen LogP contribution in [0.3, 0.4) is 0 Å². The largest absolute Gasteiger partial charge is 0.307 e. The lowest BCUT2D eigenvalue weighted by Gasteiger charge is -2.22. The Morgan fingerprint density at radius 3 is 2.02 bits per heavy atom. The smallest absolute Gasteiger partial charge is 0.0726 e. The number of hydrogen-bond acceptors (Lipinski definition) is 1. The molecule has 230 valence electrons. The number of benzene rings is 8. The van der Waals surface area contributed by atoms with Crippen LogP contribution in [0.25, 0.3) is 91.5 Å². The van der Waals surface area contributed by atoms with Crippen LogP contribution in [0.4, 0.5) is 0 Å². The SMILES string of the molecule is CC1(C)c2ccccc2-c2ccc(-c3ccc4c(c3)c3c5ccccc5c5c6ccccc6sc5c3n4-c3cccc4ccccc34)cc21. The van der Waals surface area contributed by atoms with E-state index >= 15 is 0 Å². The third-order valence-electron chi connectivity index (χ3n) is 11.2. The molecule has 1 nitrogen and oxygen atoms in total. The lowest BCUT2D eigenvalue weighted by Crippen LogP contribution is -2.14. The van der Waals surface area contributed by atoms with Crippen molar-refractivity contribution < 1.29 is 0 Å².